The summed E-state index contributed by atoms with van der Waals surface area (Å²) < 4.78 is 10.5. The quantitative estimate of drug-likeness (QED) is 0.553. The van der Waals surface area contributed by atoms with Crippen molar-refractivity contribution >= 4 is 45.4 Å². The summed E-state index contributed by atoms with van der Waals surface area (Å²) in [5.74, 6) is 1.28. The first kappa shape index (κ1) is 19.0. The number of nitrogens with two attached hydrogens (primary N) is 1. The van der Waals surface area contributed by atoms with Crippen molar-refractivity contribution < 1.29 is 14.3 Å². The van der Waals surface area contributed by atoms with Gasteiger partial charge in [-0.1, -0.05) is 22.9 Å². The molecule has 0 unspecified atom stereocenters. The van der Waals surface area contributed by atoms with Gasteiger partial charge in [0.1, 0.15) is 22.2 Å². The summed E-state index contributed by atoms with van der Waals surface area (Å²) in [6, 6.07) is 12.2. The fourth-order valence-corrected chi connectivity index (χ4v) is 3.54. The molecule has 1 aromatic heterocycles. The fourth-order valence-electron chi connectivity index (χ4n) is 2.42. The molecule has 0 aliphatic carbocycles. The van der Waals surface area contributed by atoms with Crippen LogP contribution in [0.4, 0.5) is 16.6 Å². The molecule has 0 atom stereocenters. The first-order chi connectivity index (χ1) is 13.0. The van der Waals surface area contributed by atoms with Crippen LogP contribution >= 0.6 is 22.9 Å². The minimum Gasteiger partial charge on any atom is -0.495 e. The Morgan fingerprint density at radius 3 is 2.63 bits per heavy atom. The summed E-state index contributed by atoms with van der Waals surface area (Å²) in [6.07, 6.45) is 0. The van der Waals surface area contributed by atoms with Gasteiger partial charge in [0, 0.05) is 11.3 Å². The van der Waals surface area contributed by atoms with Gasteiger partial charge in [0.05, 0.1) is 18.7 Å². The molecule has 3 N–H and O–H groups in total. The van der Waals surface area contributed by atoms with Gasteiger partial charge in [-0.25, -0.2) is 4.98 Å². The van der Waals surface area contributed by atoms with Gasteiger partial charge in [0.2, 0.25) is 5.78 Å². The van der Waals surface area contributed by atoms with Crippen molar-refractivity contribution in [1.29, 1.82) is 0 Å². The van der Waals surface area contributed by atoms with Crippen molar-refractivity contribution in [2.75, 3.05) is 24.8 Å². The van der Waals surface area contributed by atoms with E-state index < -0.39 is 0 Å². The van der Waals surface area contributed by atoms with Crippen molar-refractivity contribution in [2.24, 2.45) is 0 Å². The molecule has 0 aliphatic heterocycles. The summed E-state index contributed by atoms with van der Waals surface area (Å²) >= 11 is 7.31. The van der Waals surface area contributed by atoms with E-state index in [1.54, 1.807) is 49.6 Å². The minimum atomic E-state index is -0.186. The highest BCUT2D eigenvalue weighted by molar-refractivity contribution is 7.18. The van der Waals surface area contributed by atoms with Crippen LogP contribution in [-0.4, -0.2) is 24.5 Å². The molecule has 0 saturated carbocycles. The van der Waals surface area contributed by atoms with Crippen LogP contribution in [-0.2, 0) is 0 Å². The third-order valence-corrected chi connectivity index (χ3v) is 4.97. The lowest BCUT2D eigenvalue weighted by molar-refractivity contribution is 0.104. The third kappa shape index (κ3) is 4.32. The van der Waals surface area contributed by atoms with Crippen LogP contribution in [0.1, 0.15) is 22.2 Å². The number of anilines is 3. The zero-order valence-electron chi connectivity index (χ0n) is 14.8. The first-order valence-electron chi connectivity index (χ1n) is 8.16. The standard InChI is InChI=1S/C19H18ClN3O3S/c1-3-26-13-7-4-11(5-8-13)16(24)17-18(21)23-19(27-17)22-12-6-9-15(25-2)14(20)10-12/h4-10H,3,21H2,1-2H3,(H,22,23). The molecule has 6 nitrogen and oxygen atoms in total. The Bertz CT molecular complexity index is 957. The number of rotatable bonds is 7. The Kier molecular flexibility index (Phi) is 5.83. The summed E-state index contributed by atoms with van der Waals surface area (Å²) in [4.78, 5) is 17.3. The molecule has 0 bridgehead atoms. The fraction of sp³-hybridized carbons (Fsp3) is 0.158. The lowest BCUT2D eigenvalue weighted by Gasteiger charge is -2.06. The Hall–Kier alpha value is -2.77. The maximum absolute atomic E-state index is 12.7. The summed E-state index contributed by atoms with van der Waals surface area (Å²) in [7, 11) is 1.55. The molecule has 1 heterocycles. The highest BCUT2D eigenvalue weighted by Gasteiger charge is 2.18. The molecule has 0 aliphatic rings. The molecule has 3 rings (SSSR count). The Morgan fingerprint density at radius 2 is 2.00 bits per heavy atom. The van der Waals surface area contributed by atoms with Gasteiger partial charge in [-0.15, -0.1) is 0 Å². The number of nitrogen functional groups attached to an aromatic ring is 1. The Morgan fingerprint density at radius 1 is 1.26 bits per heavy atom. The lowest BCUT2D eigenvalue weighted by Crippen LogP contribution is -2.02. The van der Waals surface area contributed by atoms with Crippen molar-refractivity contribution in [2.45, 2.75) is 6.92 Å². The van der Waals surface area contributed by atoms with Gasteiger partial charge in [-0.2, -0.15) is 0 Å². The van der Waals surface area contributed by atoms with Crippen molar-refractivity contribution in [3.8, 4) is 11.5 Å². The number of aromatic nitrogens is 1. The van der Waals surface area contributed by atoms with Crippen LogP contribution in [0.25, 0.3) is 0 Å². The van der Waals surface area contributed by atoms with Gasteiger partial charge in [0.15, 0.2) is 5.13 Å². The van der Waals surface area contributed by atoms with Crippen LogP contribution in [0.2, 0.25) is 5.02 Å². The molecule has 3 aromatic rings. The summed E-state index contributed by atoms with van der Waals surface area (Å²) in [6.45, 7) is 2.47. The number of methoxy groups -OCH3 is 1. The molecular weight excluding hydrogens is 386 g/mol. The van der Waals surface area contributed by atoms with Crippen LogP contribution in [0.15, 0.2) is 42.5 Å². The van der Waals surface area contributed by atoms with E-state index in [0.29, 0.717) is 38.7 Å². The predicted octanol–water partition coefficient (Wildman–Crippen LogP) is 4.76. The van der Waals surface area contributed by atoms with E-state index in [-0.39, 0.29) is 11.6 Å². The van der Waals surface area contributed by atoms with Crippen LogP contribution in [0.5, 0.6) is 11.5 Å². The topological polar surface area (TPSA) is 86.5 Å². The van der Waals surface area contributed by atoms with E-state index in [2.05, 4.69) is 10.3 Å². The summed E-state index contributed by atoms with van der Waals surface area (Å²) in [5.41, 5.74) is 7.19. The molecule has 27 heavy (non-hydrogen) atoms. The smallest absolute Gasteiger partial charge is 0.206 e. The van der Waals surface area contributed by atoms with Crippen molar-refractivity contribution in [1.82, 2.24) is 4.98 Å². The van der Waals surface area contributed by atoms with Crippen LogP contribution in [0, 0.1) is 0 Å². The lowest BCUT2D eigenvalue weighted by atomic mass is 10.1. The van der Waals surface area contributed by atoms with E-state index in [4.69, 9.17) is 26.8 Å². The van der Waals surface area contributed by atoms with E-state index in [1.807, 2.05) is 6.92 Å². The third-order valence-electron chi connectivity index (χ3n) is 3.69. The molecule has 0 spiro atoms. The number of carbonyl (C=O) groups excluding carboxylic acids is 1. The molecule has 0 amide bonds. The molecule has 0 fully saturated rings. The SMILES string of the molecule is CCOc1ccc(C(=O)c2sc(Nc3ccc(OC)c(Cl)c3)nc2N)cc1. The number of hydrogen-bond acceptors (Lipinski definition) is 7. The second kappa shape index (κ2) is 8.28. The number of halogens is 1. The highest BCUT2D eigenvalue weighted by Crippen LogP contribution is 2.32. The predicted molar refractivity (Wildman–Crippen MR) is 109 cm³/mol. The number of ether oxygens (including phenoxy) is 2. The van der Waals surface area contributed by atoms with Gasteiger partial charge >= 0.3 is 0 Å². The second-order valence-electron chi connectivity index (χ2n) is 5.49. The molecule has 140 valence electrons. The molecule has 0 radical (unpaired) electrons. The van der Waals surface area contributed by atoms with E-state index >= 15 is 0 Å². The van der Waals surface area contributed by atoms with E-state index in [0.717, 1.165) is 5.69 Å². The second-order valence-corrected chi connectivity index (χ2v) is 6.90. The van der Waals surface area contributed by atoms with E-state index in [9.17, 15) is 4.79 Å². The number of nitrogens with one attached hydrogen (secondary N) is 1. The maximum Gasteiger partial charge on any atom is 0.206 e. The average Bonchev–Trinajstić information content (AvgIpc) is 3.02. The summed E-state index contributed by atoms with van der Waals surface area (Å²) in [5, 5.41) is 4.08. The zero-order chi connectivity index (χ0) is 19.4. The minimum absolute atomic E-state index is 0.181. The molecular formula is C19H18ClN3O3S. The Balaban J connectivity index is 1.79. The highest BCUT2D eigenvalue weighted by atomic mass is 35.5. The normalized spacial score (nSPS) is 10.5. The van der Waals surface area contributed by atoms with Crippen LogP contribution in [0.3, 0.4) is 0 Å². The Labute approximate surface area is 165 Å². The number of thiazole rings is 1. The van der Waals surface area contributed by atoms with Gasteiger partial charge in [-0.3, -0.25) is 4.79 Å². The zero-order valence-corrected chi connectivity index (χ0v) is 16.4. The first-order valence-corrected chi connectivity index (χ1v) is 9.35. The van der Waals surface area contributed by atoms with Crippen LogP contribution < -0.4 is 20.5 Å². The van der Waals surface area contributed by atoms with Gasteiger partial charge < -0.3 is 20.5 Å². The van der Waals surface area contributed by atoms with Gasteiger partial charge in [-0.05, 0) is 49.4 Å². The number of carbonyl (C=O) groups is 1. The number of benzene rings is 2. The average molecular weight is 404 g/mol. The largest absolute Gasteiger partial charge is 0.495 e. The molecule has 0 saturated heterocycles. The molecule has 2 aromatic carbocycles. The van der Waals surface area contributed by atoms with E-state index in [1.165, 1.54) is 11.3 Å². The van der Waals surface area contributed by atoms with Gasteiger partial charge in [0.25, 0.3) is 0 Å². The maximum atomic E-state index is 12.7. The number of hydrogen-bond donors (Lipinski definition) is 2. The number of nitrogens with zero attached hydrogens (tertiary/aromatic N) is 1. The van der Waals surface area contributed by atoms with Crippen molar-refractivity contribution in [3.63, 3.8) is 0 Å². The monoisotopic (exact) mass is 403 g/mol. The molecule has 8 heteroatoms. The van der Waals surface area contributed by atoms with Crippen molar-refractivity contribution in [3.05, 3.63) is 57.9 Å². The number of ketones is 1.